The number of hydrogen-bond acceptors (Lipinski definition) is 3. The molecule has 0 aromatic heterocycles. The maximum absolute atomic E-state index is 12.1. The van der Waals surface area contributed by atoms with Gasteiger partial charge in [-0.1, -0.05) is 6.92 Å². The van der Waals surface area contributed by atoms with Gasteiger partial charge < -0.3 is 20.1 Å². The molecule has 6 nitrogen and oxygen atoms in total. The monoisotopic (exact) mass is 272 g/mol. The predicted octanol–water partition coefficient (Wildman–Crippen LogP) is 1.31. The Labute approximate surface area is 114 Å². The highest BCUT2D eigenvalue weighted by Gasteiger charge is 2.37. The van der Waals surface area contributed by atoms with Crippen molar-refractivity contribution in [2.75, 3.05) is 20.3 Å². The largest absolute Gasteiger partial charge is 0.480 e. The van der Waals surface area contributed by atoms with Crippen LogP contribution in [0.25, 0.3) is 0 Å². The molecule has 1 fully saturated rings. The highest BCUT2D eigenvalue weighted by Crippen LogP contribution is 2.23. The van der Waals surface area contributed by atoms with Crippen molar-refractivity contribution in [1.82, 2.24) is 10.2 Å². The molecule has 1 aliphatic rings. The highest BCUT2D eigenvalue weighted by molar-refractivity contribution is 5.83. The average Bonchev–Trinajstić information content (AvgIpc) is 2.35. The van der Waals surface area contributed by atoms with Gasteiger partial charge in [0.1, 0.15) is 6.04 Å². The molecule has 0 saturated carbocycles. The number of amides is 2. The standard InChI is InChI=1S/C13H24N2O4/c1-9-5-4-7-15(11(9)12(16)17)13(18)14-10(2)6-8-19-3/h9-11H,4-8H2,1-3H3,(H,14,18)(H,16,17). The second kappa shape index (κ2) is 7.33. The molecule has 19 heavy (non-hydrogen) atoms. The van der Waals surface area contributed by atoms with Crippen LogP contribution in [0.4, 0.5) is 4.79 Å². The molecule has 1 heterocycles. The van der Waals surface area contributed by atoms with Crippen LogP contribution >= 0.6 is 0 Å². The Morgan fingerprint density at radius 3 is 2.79 bits per heavy atom. The molecule has 0 aromatic rings. The number of carboxylic acid groups (broad SMARTS) is 1. The molecule has 0 aliphatic carbocycles. The van der Waals surface area contributed by atoms with E-state index in [0.717, 1.165) is 12.8 Å². The van der Waals surface area contributed by atoms with Crippen molar-refractivity contribution in [2.24, 2.45) is 5.92 Å². The molecular formula is C13H24N2O4. The zero-order chi connectivity index (χ0) is 14.4. The molecule has 110 valence electrons. The van der Waals surface area contributed by atoms with Crippen molar-refractivity contribution >= 4 is 12.0 Å². The van der Waals surface area contributed by atoms with Gasteiger partial charge in [-0.3, -0.25) is 0 Å². The van der Waals surface area contributed by atoms with Crippen LogP contribution in [0.15, 0.2) is 0 Å². The van der Waals surface area contributed by atoms with Gasteiger partial charge in [-0.25, -0.2) is 9.59 Å². The van der Waals surface area contributed by atoms with E-state index in [0.29, 0.717) is 19.6 Å². The number of urea groups is 1. The topological polar surface area (TPSA) is 78.9 Å². The Morgan fingerprint density at radius 1 is 1.53 bits per heavy atom. The Kier molecular flexibility index (Phi) is 6.08. The molecule has 0 aromatic carbocycles. The molecule has 3 atom stereocenters. The van der Waals surface area contributed by atoms with Gasteiger partial charge in [-0.05, 0) is 32.1 Å². The molecule has 6 heteroatoms. The first-order chi connectivity index (χ1) is 8.97. The molecule has 1 saturated heterocycles. The van der Waals surface area contributed by atoms with Gasteiger partial charge >= 0.3 is 12.0 Å². The number of carbonyl (C=O) groups excluding carboxylic acids is 1. The lowest BCUT2D eigenvalue weighted by Crippen LogP contribution is -2.56. The first kappa shape index (κ1) is 15.8. The van der Waals surface area contributed by atoms with Gasteiger partial charge in [0, 0.05) is 26.3 Å². The van der Waals surface area contributed by atoms with Crippen LogP contribution in [0.3, 0.4) is 0 Å². The summed E-state index contributed by atoms with van der Waals surface area (Å²) >= 11 is 0. The number of methoxy groups -OCH3 is 1. The number of likely N-dealkylation sites (tertiary alicyclic amines) is 1. The van der Waals surface area contributed by atoms with Crippen LogP contribution in [-0.4, -0.2) is 54.4 Å². The number of rotatable bonds is 5. The molecule has 2 amide bonds. The molecule has 0 spiro atoms. The van der Waals surface area contributed by atoms with Crippen LogP contribution in [-0.2, 0) is 9.53 Å². The molecule has 1 aliphatic heterocycles. The Bertz CT molecular complexity index is 322. The maximum atomic E-state index is 12.1. The van der Waals surface area contributed by atoms with E-state index in [-0.39, 0.29) is 18.0 Å². The predicted molar refractivity (Wildman–Crippen MR) is 71.0 cm³/mol. The Hall–Kier alpha value is -1.30. The van der Waals surface area contributed by atoms with Crippen molar-refractivity contribution in [3.8, 4) is 0 Å². The molecule has 0 bridgehead atoms. The van der Waals surface area contributed by atoms with Crippen LogP contribution in [0.1, 0.15) is 33.1 Å². The zero-order valence-corrected chi connectivity index (χ0v) is 11.9. The molecule has 1 rings (SSSR count). The summed E-state index contributed by atoms with van der Waals surface area (Å²) in [5, 5.41) is 12.1. The van der Waals surface area contributed by atoms with E-state index < -0.39 is 12.0 Å². The summed E-state index contributed by atoms with van der Waals surface area (Å²) in [5.41, 5.74) is 0. The first-order valence-corrected chi connectivity index (χ1v) is 6.76. The quantitative estimate of drug-likeness (QED) is 0.791. The third-order valence-corrected chi connectivity index (χ3v) is 3.57. The van der Waals surface area contributed by atoms with E-state index in [9.17, 15) is 14.7 Å². The van der Waals surface area contributed by atoms with Crippen molar-refractivity contribution in [1.29, 1.82) is 0 Å². The Morgan fingerprint density at radius 2 is 2.21 bits per heavy atom. The van der Waals surface area contributed by atoms with E-state index in [1.54, 1.807) is 7.11 Å². The zero-order valence-electron chi connectivity index (χ0n) is 11.9. The third kappa shape index (κ3) is 4.38. The van der Waals surface area contributed by atoms with Gasteiger partial charge in [0.2, 0.25) is 0 Å². The lowest BCUT2D eigenvalue weighted by Gasteiger charge is -2.37. The molecule has 2 N–H and O–H groups in total. The fourth-order valence-electron chi connectivity index (χ4n) is 2.45. The summed E-state index contributed by atoms with van der Waals surface area (Å²) in [5.74, 6) is -0.932. The highest BCUT2D eigenvalue weighted by atomic mass is 16.5. The fraction of sp³-hybridized carbons (Fsp3) is 0.846. The number of piperidine rings is 1. The van der Waals surface area contributed by atoms with Crippen molar-refractivity contribution < 1.29 is 19.4 Å². The number of nitrogens with zero attached hydrogens (tertiary/aromatic N) is 1. The van der Waals surface area contributed by atoms with Gasteiger partial charge in [0.15, 0.2) is 0 Å². The van der Waals surface area contributed by atoms with Crippen LogP contribution in [0.2, 0.25) is 0 Å². The van der Waals surface area contributed by atoms with Crippen LogP contribution < -0.4 is 5.32 Å². The number of aliphatic carboxylic acids is 1. The summed E-state index contributed by atoms with van der Waals surface area (Å²) < 4.78 is 4.96. The van der Waals surface area contributed by atoms with Gasteiger partial charge in [-0.15, -0.1) is 0 Å². The summed E-state index contributed by atoms with van der Waals surface area (Å²) in [7, 11) is 1.61. The second-order valence-corrected chi connectivity index (χ2v) is 5.23. The normalized spacial score (nSPS) is 24.9. The van der Waals surface area contributed by atoms with Gasteiger partial charge in [0.05, 0.1) is 0 Å². The van der Waals surface area contributed by atoms with E-state index in [4.69, 9.17) is 4.74 Å². The molecular weight excluding hydrogens is 248 g/mol. The first-order valence-electron chi connectivity index (χ1n) is 6.76. The smallest absolute Gasteiger partial charge is 0.326 e. The SMILES string of the molecule is COCCC(C)NC(=O)N1CCCC(C)C1C(=O)O. The fourth-order valence-corrected chi connectivity index (χ4v) is 2.45. The summed E-state index contributed by atoms with van der Waals surface area (Å²) in [6.45, 7) is 4.84. The minimum atomic E-state index is -0.924. The number of carbonyl (C=O) groups is 2. The van der Waals surface area contributed by atoms with Crippen LogP contribution in [0, 0.1) is 5.92 Å². The minimum Gasteiger partial charge on any atom is -0.480 e. The van der Waals surface area contributed by atoms with E-state index in [1.165, 1.54) is 4.90 Å². The van der Waals surface area contributed by atoms with Gasteiger partial charge in [0.25, 0.3) is 0 Å². The van der Waals surface area contributed by atoms with Crippen LogP contribution in [0.5, 0.6) is 0 Å². The van der Waals surface area contributed by atoms with E-state index in [1.807, 2.05) is 13.8 Å². The molecule has 3 unspecified atom stereocenters. The minimum absolute atomic E-state index is 0.00807. The van der Waals surface area contributed by atoms with Gasteiger partial charge in [-0.2, -0.15) is 0 Å². The van der Waals surface area contributed by atoms with E-state index >= 15 is 0 Å². The average molecular weight is 272 g/mol. The Balaban J connectivity index is 2.60. The van der Waals surface area contributed by atoms with Crippen molar-refractivity contribution in [2.45, 2.75) is 45.2 Å². The number of ether oxygens (including phenoxy) is 1. The lowest BCUT2D eigenvalue weighted by atomic mass is 9.91. The number of hydrogen-bond donors (Lipinski definition) is 2. The lowest BCUT2D eigenvalue weighted by molar-refractivity contribution is -0.145. The number of nitrogens with one attached hydrogen (secondary N) is 1. The van der Waals surface area contributed by atoms with Crippen molar-refractivity contribution in [3.05, 3.63) is 0 Å². The summed E-state index contributed by atoms with van der Waals surface area (Å²) in [6.07, 6.45) is 2.41. The van der Waals surface area contributed by atoms with E-state index in [2.05, 4.69) is 5.32 Å². The molecule has 0 radical (unpaired) electrons. The van der Waals surface area contributed by atoms with Crippen molar-refractivity contribution in [3.63, 3.8) is 0 Å². The summed E-state index contributed by atoms with van der Waals surface area (Å²) in [4.78, 5) is 24.9. The second-order valence-electron chi connectivity index (χ2n) is 5.23. The summed E-state index contributed by atoms with van der Waals surface area (Å²) in [6, 6.07) is -1.04. The third-order valence-electron chi connectivity index (χ3n) is 3.57. The maximum Gasteiger partial charge on any atom is 0.326 e. The number of carboxylic acids is 1.